The van der Waals surface area contributed by atoms with E-state index < -0.39 is 16.7 Å². The summed E-state index contributed by atoms with van der Waals surface area (Å²) in [7, 11) is 0. The predicted octanol–water partition coefficient (Wildman–Crippen LogP) is 2.48. The molecule has 0 fully saturated rings. The molecular formula is C17H13ClN4O4. The lowest BCUT2D eigenvalue weighted by Crippen LogP contribution is -2.46. The molecule has 0 aromatic heterocycles. The molecular weight excluding hydrogens is 360 g/mol. The van der Waals surface area contributed by atoms with Crippen LogP contribution in [-0.4, -0.2) is 29.0 Å². The van der Waals surface area contributed by atoms with Crippen molar-refractivity contribution in [2.75, 3.05) is 11.6 Å². The van der Waals surface area contributed by atoms with Gasteiger partial charge in [-0.25, -0.2) is 5.01 Å². The van der Waals surface area contributed by atoms with E-state index in [1.54, 1.807) is 24.3 Å². The van der Waals surface area contributed by atoms with Crippen LogP contribution >= 0.6 is 11.6 Å². The Bertz CT molecular complexity index is 958. The van der Waals surface area contributed by atoms with Gasteiger partial charge in [-0.15, -0.1) is 0 Å². The summed E-state index contributed by atoms with van der Waals surface area (Å²) >= 11 is 6.25. The van der Waals surface area contributed by atoms with Crippen molar-refractivity contribution in [1.82, 2.24) is 5.43 Å². The van der Waals surface area contributed by atoms with Crippen LogP contribution in [0.1, 0.15) is 18.1 Å². The first kappa shape index (κ1) is 17.6. The van der Waals surface area contributed by atoms with Crippen molar-refractivity contribution in [3.05, 3.63) is 68.7 Å². The predicted molar refractivity (Wildman–Crippen MR) is 96.4 cm³/mol. The number of anilines is 1. The Kier molecular flexibility index (Phi) is 4.68. The number of benzene rings is 2. The van der Waals surface area contributed by atoms with Crippen LogP contribution in [0.3, 0.4) is 0 Å². The number of rotatable bonds is 3. The molecule has 2 aromatic carbocycles. The number of nitro benzene ring substituents is 1. The highest BCUT2D eigenvalue weighted by atomic mass is 35.5. The van der Waals surface area contributed by atoms with E-state index >= 15 is 0 Å². The van der Waals surface area contributed by atoms with E-state index in [0.717, 1.165) is 5.01 Å². The fourth-order valence-electron chi connectivity index (χ4n) is 2.62. The molecule has 0 atom stereocenters. The zero-order valence-electron chi connectivity index (χ0n) is 13.6. The zero-order chi connectivity index (χ0) is 18.8. The molecule has 2 aromatic rings. The summed E-state index contributed by atoms with van der Waals surface area (Å²) in [6.45, 7) is 1.02. The molecule has 3 rings (SSSR count). The van der Waals surface area contributed by atoms with E-state index in [0.29, 0.717) is 21.9 Å². The SMILES string of the molecule is CC(=O)NN1C(=O)CN=C(c2ccccc2Cl)c2cc([N+](=O)[O-])ccc21. The summed E-state index contributed by atoms with van der Waals surface area (Å²) in [4.78, 5) is 38.9. The summed E-state index contributed by atoms with van der Waals surface area (Å²) in [6.07, 6.45) is 0. The Morgan fingerprint density at radius 1 is 1.27 bits per heavy atom. The molecule has 0 saturated carbocycles. The van der Waals surface area contributed by atoms with Gasteiger partial charge in [0.15, 0.2) is 0 Å². The molecule has 1 aliphatic heterocycles. The Morgan fingerprint density at radius 2 is 2.00 bits per heavy atom. The second kappa shape index (κ2) is 6.93. The number of hydrogen-bond donors (Lipinski definition) is 1. The smallest absolute Gasteiger partial charge is 0.270 e. The average molecular weight is 373 g/mol. The maximum absolute atomic E-state index is 12.4. The molecule has 0 spiro atoms. The van der Waals surface area contributed by atoms with E-state index in [1.807, 2.05) is 0 Å². The number of aliphatic imine (C=N–C) groups is 1. The van der Waals surface area contributed by atoms with Crippen molar-refractivity contribution in [1.29, 1.82) is 0 Å². The first-order valence-electron chi connectivity index (χ1n) is 7.57. The Balaban J connectivity index is 2.25. The van der Waals surface area contributed by atoms with E-state index in [1.165, 1.54) is 25.1 Å². The minimum absolute atomic E-state index is 0.166. The van der Waals surface area contributed by atoms with Gasteiger partial charge >= 0.3 is 0 Å². The number of nitro groups is 1. The molecule has 0 unspecified atom stereocenters. The van der Waals surface area contributed by atoms with Crippen molar-refractivity contribution in [2.24, 2.45) is 4.99 Å². The molecule has 1 N–H and O–H groups in total. The van der Waals surface area contributed by atoms with Gasteiger partial charge < -0.3 is 0 Å². The molecule has 0 saturated heterocycles. The van der Waals surface area contributed by atoms with Gasteiger partial charge in [-0.2, -0.15) is 0 Å². The molecule has 2 amide bonds. The molecule has 1 heterocycles. The minimum Gasteiger partial charge on any atom is -0.274 e. The zero-order valence-corrected chi connectivity index (χ0v) is 14.4. The van der Waals surface area contributed by atoms with Crippen LogP contribution in [0.25, 0.3) is 0 Å². The van der Waals surface area contributed by atoms with E-state index in [2.05, 4.69) is 10.4 Å². The van der Waals surface area contributed by atoms with E-state index in [9.17, 15) is 19.7 Å². The van der Waals surface area contributed by atoms with Crippen LogP contribution in [0.15, 0.2) is 47.5 Å². The standard InChI is InChI=1S/C17H13ClN4O4/c1-10(23)20-21-15-7-6-11(22(25)26)8-13(15)17(19-9-16(21)24)12-4-2-3-5-14(12)18/h2-8H,9H2,1H3,(H,20,23). The molecule has 0 aliphatic carbocycles. The highest BCUT2D eigenvalue weighted by molar-refractivity contribution is 6.36. The first-order valence-corrected chi connectivity index (χ1v) is 7.94. The Hall–Kier alpha value is -3.26. The molecule has 132 valence electrons. The van der Waals surface area contributed by atoms with Gasteiger partial charge in [-0.1, -0.05) is 29.8 Å². The third-order valence-electron chi connectivity index (χ3n) is 3.71. The van der Waals surface area contributed by atoms with Crippen molar-refractivity contribution < 1.29 is 14.5 Å². The van der Waals surface area contributed by atoms with Crippen molar-refractivity contribution in [2.45, 2.75) is 6.92 Å². The number of nitrogens with zero attached hydrogens (tertiary/aromatic N) is 3. The first-order chi connectivity index (χ1) is 12.4. The number of non-ortho nitro benzene ring substituents is 1. The molecule has 0 radical (unpaired) electrons. The highest BCUT2D eigenvalue weighted by Gasteiger charge is 2.28. The van der Waals surface area contributed by atoms with Gasteiger partial charge in [-0.05, 0) is 12.1 Å². The maximum atomic E-state index is 12.4. The summed E-state index contributed by atoms with van der Waals surface area (Å²) in [6, 6.07) is 10.8. The van der Waals surface area contributed by atoms with Crippen LogP contribution in [0.4, 0.5) is 11.4 Å². The third kappa shape index (κ3) is 3.27. The second-order valence-corrected chi connectivity index (χ2v) is 5.91. The average Bonchev–Trinajstić information content (AvgIpc) is 2.72. The fraction of sp³-hybridized carbons (Fsp3) is 0.118. The van der Waals surface area contributed by atoms with Gasteiger partial charge in [0.2, 0.25) is 5.91 Å². The number of nitrogens with one attached hydrogen (secondary N) is 1. The minimum atomic E-state index is -0.542. The van der Waals surface area contributed by atoms with Gasteiger partial charge in [-0.3, -0.25) is 30.1 Å². The van der Waals surface area contributed by atoms with Crippen LogP contribution < -0.4 is 10.4 Å². The number of benzodiazepines with no additional fused rings is 1. The van der Waals surface area contributed by atoms with E-state index in [-0.39, 0.29) is 17.9 Å². The monoisotopic (exact) mass is 372 g/mol. The van der Waals surface area contributed by atoms with Crippen LogP contribution in [0, 0.1) is 10.1 Å². The van der Waals surface area contributed by atoms with Gasteiger partial charge in [0.05, 0.1) is 16.3 Å². The molecule has 26 heavy (non-hydrogen) atoms. The number of fused-ring (bicyclic) bond motifs is 1. The topological polar surface area (TPSA) is 105 Å². The number of carbonyl (C=O) groups excluding carboxylic acids is 2. The summed E-state index contributed by atoms with van der Waals surface area (Å²) in [5, 5.41) is 12.6. The highest BCUT2D eigenvalue weighted by Crippen LogP contribution is 2.31. The molecule has 1 aliphatic rings. The normalized spacial score (nSPS) is 13.5. The van der Waals surface area contributed by atoms with Crippen molar-refractivity contribution in [3.63, 3.8) is 0 Å². The maximum Gasteiger partial charge on any atom is 0.270 e. The third-order valence-corrected chi connectivity index (χ3v) is 4.04. The number of hydrazine groups is 1. The van der Waals surface area contributed by atoms with Crippen LogP contribution in [0.2, 0.25) is 5.02 Å². The van der Waals surface area contributed by atoms with Crippen LogP contribution in [-0.2, 0) is 9.59 Å². The second-order valence-electron chi connectivity index (χ2n) is 5.50. The molecule has 8 nitrogen and oxygen atoms in total. The lowest BCUT2D eigenvalue weighted by molar-refractivity contribution is -0.384. The number of hydrogen-bond acceptors (Lipinski definition) is 5. The Labute approximate surface area is 153 Å². The Morgan fingerprint density at radius 3 is 2.65 bits per heavy atom. The van der Waals surface area contributed by atoms with Gasteiger partial charge in [0, 0.05) is 35.2 Å². The number of amides is 2. The molecule has 9 heteroatoms. The lowest BCUT2D eigenvalue weighted by Gasteiger charge is -2.22. The number of halogens is 1. The quantitative estimate of drug-likeness (QED) is 0.660. The molecule has 0 bridgehead atoms. The van der Waals surface area contributed by atoms with Crippen LogP contribution in [0.5, 0.6) is 0 Å². The summed E-state index contributed by atoms with van der Waals surface area (Å²) in [5.41, 5.74) is 3.75. The summed E-state index contributed by atoms with van der Waals surface area (Å²) < 4.78 is 0. The largest absolute Gasteiger partial charge is 0.274 e. The number of carbonyl (C=O) groups is 2. The lowest BCUT2D eigenvalue weighted by atomic mass is 9.99. The van der Waals surface area contributed by atoms with Crippen molar-refractivity contribution >= 4 is 40.5 Å². The van der Waals surface area contributed by atoms with E-state index in [4.69, 9.17) is 11.6 Å². The van der Waals surface area contributed by atoms with Gasteiger partial charge in [0.25, 0.3) is 11.6 Å². The fourth-order valence-corrected chi connectivity index (χ4v) is 2.85. The van der Waals surface area contributed by atoms with Crippen molar-refractivity contribution in [3.8, 4) is 0 Å². The summed E-state index contributed by atoms with van der Waals surface area (Å²) in [5.74, 6) is -0.929. The van der Waals surface area contributed by atoms with Gasteiger partial charge in [0.1, 0.15) is 6.54 Å².